The van der Waals surface area contributed by atoms with Crippen molar-refractivity contribution in [3.8, 4) is 22.6 Å². The van der Waals surface area contributed by atoms with E-state index in [4.69, 9.17) is 4.98 Å². The SMILES string of the molecule is O=C(Nc1ccc(-c2nn[nH]n2)cc1)c1cc(-c2ccccc2)nc2ccccc12. The molecule has 1 amide bonds. The van der Waals surface area contributed by atoms with Crippen molar-refractivity contribution in [1.82, 2.24) is 25.6 Å². The molecule has 2 heterocycles. The largest absolute Gasteiger partial charge is 0.322 e. The Balaban J connectivity index is 1.49. The van der Waals surface area contributed by atoms with Crippen molar-refractivity contribution in [1.29, 1.82) is 0 Å². The van der Waals surface area contributed by atoms with Crippen LogP contribution in [0, 0.1) is 0 Å². The van der Waals surface area contributed by atoms with Crippen molar-refractivity contribution in [3.63, 3.8) is 0 Å². The molecular weight excluding hydrogens is 376 g/mol. The van der Waals surface area contributed by atoms with Gasteiger partial charge in [-0.1, -0.05) is 48.5 Å². The number of rotatable bonds is 4. The van der Waals surface area contributed by atoms with Crippen molar-refractivity contribution in [3.05, 3.63) is 90.5 Å². The highest BCUT2D eigenvalue weighted by atomic mass is 16.1. The number of hydrogen-bond donors (Lipinski definition) is 2. The zero-order chi connectivity index (χ0) is 20.3. The third-order valence-electron chi connectivity index (χ3n) is 4.78. The first kappa shape index (κ1) is 17.7. The molecule has 5 aromatic rings. The molecule has 0 fully saturated rings. The van der Waals surface area contributed by atoms with E-state index in [0.717, 1.165) is 27.7 Å². The molecule has 5 rings (SSSR count). The van der Waals surface area contributed by atoms with E-state index in [-0.39, 0.29) is 5.91 Å². The fraction of sp³-hybridized carbons (Fsp3) is 0. The van der Waals surface area contributed by atoms with Crippen LogP contribution >= 0.6 is 0 Å². The van der Waals surface area contributed by atoms with Crippen LogP contribution in [-0.2, 0) is 0 Å². The normalized spacial score (nSPS) is 10.8. The van der Waals surface area contributed by atoms with Crippen molar-refractivity contribution >= 4 is 22.5 Å². The zero-order valence-electron chi connectivity index (χ0n) is 15.8. The summed E-state index contributed by atoms with van der Waals surface area (Å²) in [7, 11) is 0. The molecule has 0 spiro atoms. The molecule has 7 heteroatoms. The lowest BCUT2D eigenvalue weighted by Gasteiger charge is -2.11. The molecule has 0 saturated heterocycles. The first-order valence-electron chi connectivity index (χ1n) is 9.38. The van der Waals surface area contributed by atoms with Crippen molar-refractivity contribution in [2.75, 3.05) is 5.32 Å². The standard InChI is InChI=1S/C23H16N6O/c30-23(24-17-12-10-16(11-13-17)22-26-28-29-27-22)19-14-21(15-6-2-1-3-7-15)25-20-9-5-4-8-18(19)20/h1-14H,(H,24,30)(H,26,27,28,29). The van der Waals surface area contributed by atoms with Crippen LogP contribution in [-0.4, -0.2) is 31.5 Å². The summed E-state index contributed by atoms with van der Waals surface area (Å²) in [4.78, 5) is 17.9. The van der Waals surface area contributed by atoms with Crippen LogP contribution in [0.25, 0.3) is 33.5 Å². The number of carbonyl (C=O) groups is 1. The predicted molar refractivity (Wildman–Crippen MR) is 115 cm³/mol. The monoisotopic (exact) mass is 392 g/mol. The second-order valence-electron chi connectivity index (χ2n) is 6.71. The minimum atomic E-state index is -0.196. The van der Waals surface area contributed by atoms with Gasteiger partial charge in [0.05, 0.1) is 16.8 Å². The highest BCUT2D eigenvalue weighted by Crippen LogP contribution is 2.26. The topological polar surface area (TPSA) is 96.5 Å². The van der Waals surface area contributed by atoms with E-state index in [1.807, 2.05) is 84.9 Å². The number of amides is 1. The summed E-state index contributed by atoms with van der Waals surface area (Å²) >= 11 is 0. The number of fused-ring (bicyclic) bond motifs is 1. The van der Waals surface area contributed by atoms with Crippen LogP contribution in [0.15, 0.2) is 84.9 Å². The summed E-state index contributed by atoms with van der Waals surface area (Å²) < 4.78 is 0. The molecule has 0 aliphatic carbocycles. The number of nitrogens with zero attached hydrogens (tertiary/aromatic N) is 4. The second kappa shape index (κ2) is 7.56. The molecule has 2 N–H and O–H groups in total. The van der Waals surface area contributed by atoms with Crippen LogP contribution < -0.4 is 5.32 Å². The number of tetrazole rings is 1. The van der Waals surface area contributed by atoms with Crippen LogP contribution in [0.4, 0.5) is 5.69 Å². The van der Waals surface area contributed by atoms with E-state index < -0.39 is 0 Å². The zero-order valence-corrected chi connectivity index (χ0v) is 15.8. The lowest BCUT2D eigenvalue weighted by atomic mass is 10.0. The summed E-state index contributed by atoms with van der Waals surface area (Å²) in [6.45, 7) is 0. The molecule has 0 aliphatic rings. The number of aromatic amines is 1. The Morgan fingerprint density at radius 2 is 1.60 bits per heavy atom. The summed E-state index contributed by atoms with van der Waals surface area (Å²) in [6, 6.07) is 26.6. The van der Waals surface area contributed by atoms with Gasteiger partial charge in [0, 0.05) is 22.2 Å². The molecule has 3 aromatic carbocycles. The fourth-order valence-electron chi connectivity index (χ4n) is 3.31. The number of anilines is 1. The van der Waals surface area contributed by atoms with Gasteiger partial charge in [-0.05, 0) is 41.6 Å². The number of hydrogen-bond acceptors (Lipinski definition) is 5. The molecule has 7 nitrogen and oxygen atoms in total. The average Bonchev–Trinajstić information content (AvgIpc) is 3.34. The van der Waals surface area contributed by atoms with Gasteiger partial charge in [-0.15, -0.1) is 10.2 Å². The Bertz CT molecular complexity index is 1320. The van der Waals surface area contributed by atoms with Gasteiger partial charge in [0.2, 0.25) is 5.82 Å². The van der Waals surface area contributed by atoms with Gasteiger partial charge < -0.3 is 5.32 Å². The van der Waals surface area contributed by atoms with E-state index >= 15 is 0 Å². The minimum absolute atomic E-state index is 0.196. The highest BCUT2D eigenvalue weighted by Gasteiger charge is 2.14. The maximum atomic E-state index is 13.1. The van der Waals surface area contributed by atoms with Crippen LogP contribution in [0.5, 0.6) is 0 Å². The van der Waals surface area contributed by atoms with Gasteiger partial charge in [0.15, 0.2) is 0 Å². The fourth-order valence-corrected chi connectivity index (χ4v) is 3.31. The Morgan fingerprint density at radius 3 is 2.37 bits per heavy atom. The Hall–Kier alpha value is -4.39. The lowest BCUT2D eigenvalue weighted by Crippen LogP contribution is -2.13. The van der Waals surface area contributed by atoms with Gasteiger partial charge in [0.1, 0.15) is 0 Å². The van der Waals surface area contributed by atoms with Crippen molar-refractivity contribution < 1.29 is 4.79 Å². The molecular formula is C23H16N6O. The highest BCUT2D eigenvalue weighted by molar-refractivity contribution is 6.13. The van der Waals surface area contributed by atoms with E-state index in [1.54, 1.807) is 0 Å². The molecule has 0 unspecified atom stereocenters. The third kappa shape index (κ3) is 3.40. The van der Waals surface area contributed by atoms with E-state index in [1.165, 1.54) is 0 Å². The van der Waals surface area contributed by atoms with Crippen LogP contribution in [0.3, 0.4) is 0 Å². The quantitative estimate of drug-likeness (QED) is 0.474. The number of carbonyl (C=O) groups excluding carboxylic acids is 1. The predicted octanol–water partition coefficient (Wildman–Crippen LogP) is 4.33. The molecule has 0 saturated carbocycles. The molecule has 0 bridgehead atoms. The first-order valence-corrected chi connectivity index (χ1v) is 9.38. The molecule has 144 valence electrons. The average molecular weight is 392 g/mol. The van der Waals surface area contributed by atoms with Gasteiger partial charge in [-0.2, -0.15) is 5.21 Å². The molecule has 0 atom stereocenters. The van der Waals surface area contributed by atoms with Gasteiger partial charge in [-0.3, -0.25) is 4.79 Å². The smallest absolute Gasteiger partial charge is 0.256 e. The summed E-state index contributed by atoms with van der Waals surface area (Å²) in [5, 5.41) is 17.7. The second-order valence-corrected chi connectivity index (χ2v) is 6.71. The summed E-state index contributed by atoms with van der Waals surface area (Å²) in [6.07, 6.45) is 0. The van der Waals surface area contributed by atoms with Crippen LogP contribution in [0.1, 0.15) is 10.4 Å². The van der Waals surface area contributed by atoms with Crippen molar-refractivity contribution in [2.45, 2.75) is 0 Å². The first-order chi connectivity index (χ1) is 14.8. The molecule has 2 aromatic heterocycles. The number of pyridine rings is 1. The number of para-hydroxylation sites is 1. The Kier molecular flexibility index (Phi) is 4.46. The summed E-state index contributed by atoms with van der Waals surface area (Å²) in [5.41, 5.74) is 4.55. The molecule has 0 aliphatic heterocycles. The maximum Gasteiger partial charge on any atom is 0.256 e. The Labute approximate surface area is 171 Å². The van der Waals surface area contributed by atoms with E-state index in [2.05, 4.69) is 25.9 Å². The molecule has 30 heavy (non-hydrogen) atoms. The minimum Gasteiger partial charge on any atom is -0.322 e. The number of nitrogens with one attached hydrogen (secondary N) is 2. The number of H-pyrrole nitrogens is 1. The van der Waals surface area contributed by atoms with Gasteiger partial charge in [-0.25, -0.2) is 4.98 Å². The van der Waals surface area contributed by atoms with Crippen LogP contribution in [0.2, 0.25) is 0 Å². The summed E-state index contributed by atoms with van der Waals surface area (Å²) in [5.74, 6) is 0.304. The third-order valence-corrected chi connectivity index (χ3v) is 4.78. The maximum absolute atomic E-state index is 13.1. The molecule has 0 radical (unpaired) electrons. The lowest BCUT2D eigenvalue weighted by molar-refractivity contribution is 0.102. The van der Waals surface area contributed by atoms with Crippen molar-refractivity contribution in [2.24, 2.45) is 0 Å². The van der Waals surface area contributed by atoms with Gasteiger partial charge >= 0.3 is 0 Å². The Morgan fingerprint density at radius 1 is 0.833 bits per heavy atom. The van der Waals surface area contributed by atoms with E-state index in [9.17, 15) is 4.79 Å². The number of benzene rings is 3. The van der Waals surface area contributed by atoms with E-state index in [0.29, 0.717) is 17.1 Å². The van der Waals surface area contributed by atoms with Gasteiger partial charge in [0.25, 0.3) is 5.91 Å². The number of aromatic nitrogens is 5.